The van der Waals surface area contributed by atoms with E-state index in [1.54, 1.807) is 24.3 Å². The highest BCUT2D eigenvalue weighted by atomic mass is 35.5. The van der Waals surface area contributed by atoms with E-state index in [1.165, 1.54) is 18.4 Å². The third-order valence-electron chi connectivity index (χ3n) is 5.51. The molecule has 1 aliphatic carbocycles. The Morgan fingerprint density at radius 1 is 1.00 bits per heavy atom. The van der Waals surface area contributed by atoms with Gasteiger partial charge in [-0.1, -0.05) is 65.7 Å². The fourth-order valence-electron chi connectivity index (χ4n) is 3.74. The molecular formula is C26H29ClN2O4. The Bertz CT molecular complexity index is 991. The summed E-state index contributed by atoms with van der Waals surface area (Å²) in [5, 5.41) is 5.96. The van der Waals surface area contributed by atoms with Gasteiger partial charge in [0.05, 0.1) is 23.0 Å². The first-order valence-electron chi connectivity index (χ1n) is 11.2. The van der Waals surface area contributed by atoms with E-state index in [0.717, 1.165) is 24.8 Å². The lowest BCUT2D eigenvalue weighted by Crippen LogP contribution is -2.33. The molecule has 2 aromatic carbocycles. The van der Waals surface area contributed by atoms with Gasteiger partial charge in [0.25, 0.3) is 11.8 Å². The van der Waals surface area contributed by atoms with Crippen molar-refractivity contribution >= 4 is 29.4 Å². The van der Waals surface area contributed by atoms with Crippen molar-refractivity contribution in [1.82, 2.24) is 10.6 Å². The molecule has 0 saturated heterocycles. The average Bonchev–Trinajstić information content (AvgIpc) is 2.84. The van der Waals surface area contributed by atoms with Gasteiger partial charge < -0.3 is 15.4 Å². The van der Waals surface area contributed by atoms with E-state index in [9.17, 15) is 14.4 Å². The Morgan fingerprint density at radius 2 is 1.76 bits per heavy atom. The number of allylic oxidation sites excluding steroid dienone is 1. The van der Waals surface area contributed by atoms with Crippen molar-refractivity contribution in [3.05, 3.63) is 82.4 Å². The van der Waals surface area contributed by atoms with E-state index in [2.05, 4.69) is 16.7 Å². The molecule has 2 N–H and O–H groups in total. The number of nitrogens with one attached hydrogen (secondary N) is 2. The number of amides is 2. The molecule has 0 saturated carbocycles. The molecular weight excluding hydrogens is 440 g/mol. The van der Waals surface area contributed by atoms with Gasteiger partial charge in [-0.25, -0.2) is 0 Å². The molecule has 1 unspecified atom stereocenters. The monoisotopic (exact) mass is 468 g/mol. The van der Waals surface area contributed by atoms with Crippen LogP contribution in [0.5, 0.6) is 0 Å². The summed E-state index contributed by atoms with van der Waals surface area (Å²) >= 11 is 6.13. The molecule has 1 atom stereocenters. The third kappa shape index (κ3) is 8.06. The van der Waals surface area contributed by atoms with Gasteiger partial charge in [-0.05, 0) is 49.8 Å². The highest BCUT2D eigenvalue weighted by molar-refractivity contribution is 6.33. The molecule has 0 bridgehead atoms. The van der Waals surface area contributed by atoms with E-state index >= 15 is 0 Å². The van der Waals surface area contributed by atoms with Gasteiger partial charge in [0.2, 0.25) is 0 Å². The number of esters is 1. The summed E-state index contributed by atoms with van der Waals surface area (Å²) in [6.45, 7) is 0.181. The Kier molecular flexibility index (Phi) is 9.51. The Hall–Kier alpha value is -3.12. The molecule has 0 aromatic heterocycles. The third-order valence-corrected chi connectivity index (χ3v) is 5.84. The van der Waals surface area contributed by atoms with Crippen LogP contribution in [0.15, 0.2) is 66.2 Å². The number of halogens is 1. The van der Waals surface area contributed by atoms with Crippen molar-refractivity contribution in [2.45, 2.75) is 44.6 Å². The lowest BCUT2D eigenvalue weighted by atomic mass is 9.97. The normalized spacial score (nSPS) is 14.0. The molecule has 174 valence electrons. The Labute approximate surface area is 199 Å². The van der Waals surface area contributed by atoms with Crippen LogP contribution in [0.25, 0.3) is 0 Å². The van der Waals surface area contributed by atoms with Gasteiger partial charge in [0.15, 0.2) is 6.61 Å². The first kappa shape index (κ1) is 24.5. The van der Waals surface area contributed by atoms with Crippen LogP contribution in [0, 0.1) is 0 Å². The number of ether oxygens (including phenoxy) is 1. The zero-order valence-electron chi connectivity index (χ0n) is 18.5. The highest BCUT2D eigenvalue weighted by Crippen LogP contribution is 2.21. The second-order valence-corrected chi connectivity index (χ2v) is 8.40. The number of carbonyl (C=O) groups excluding carboxylic acids is 3. The molecule has 3 rings (SSSR count). The van der Waals surface area contributed by atoms with E-state index in [-0.39, 0.29) is 18.9 Å². The van der Waals surface area contributed by atoms with Gasteiger partial charge >= 0.3 is 5.97 Å². The van der Waals surface area contributed by atoms with Crippen LogP contribution in [-0.4, -0.2) is 30.9 Å². The molecule has 0 heterocycles. The van der Waals surface area contributed by atoms with Gasteiger partial charge in [-0.15, -0.1) is 0 Å². The number of carbonyl (C=O) groups is 3. The minimum Gasteiger partial charge on any atom is -0.456 e. The largest absolute Gasteiger partial charge is 0.456 e. The lowest BCUT2D eigenvalue weighted by molar-refractivity contribution is -0.149. The topological polar surface area (TPSA) is 84.5 Å². The quantitative estimate of drug-likeness (QED) is 0.389. The van der Waals surface area contributed by atoms with Crippen molar-refractivity contribution in [3.8, 4) is 0 Å². The summed E-state index contributed by atoms with van der Waals surface area (Å²) < 4.78 is 5.17. The predicted molar refractivity (Wildman–Crippen MR) is 128 cm³/mol. The Morgan fingerprint density at radius 3 is 2.48 bits per heavy atom. The SMILES string of the molecule is O=C(COC(=O)CC(NC(=O)c1ccccc1Cl)c1ccccc1)NCCC1=CCCCC1. The second kappa shape index (κ2) is 12.8. The summed E-state index contributed by atoms with van der Waals surface area (Å²) in [7, 11) is 0. The van der Waals surface area contributed by atoms with Gasteiger partial charge in [-0.2, -0.15) is 0 Å². The summed E-state index contributed by atoms with van der Waals surface area (Å²) in [6, 6.07) is 15.2. The van der Waals surface area contributed by atoms with Crippen LogP contribution in [-0.2, 0) is 14.3 Å². The molecule has 0 radical (unpaired) electrons. The van der Waals surface area contributed by atoms with Crippen LogP contribution in [0.2, 0.25) is 5.02 Å². The number of benzene rings is 2. The van der Waals surface area contributed by atoms with Crippen molar-refractivity contribution in [3.63, 3.8) is 0 Å². The smallest absolute Gasteiger partial charge is 0.308 e. The molecule has 1 aliphatic rings. The maximum Gasteiger partial charge on any atom is 0.308 e. The summed E-state index contributed by atoms with van der Waals surface area (Å²) in [5.41, 5.74) is 2.44. The number of hydrogen-bond donors (Lipinski definition) is 2. The van der Waals surface area contributed by atoms with E-state index < -0.39 is 17.9 Å². The van der Waals surface area contributed by atoms with Crippen molar-refractivity contribution in [1.29, 1.82) is 0 Å². The maximum absolute atomic E-state index is 12.7. The summed E-state index contributed by atoms with van der Waals surface area (Å²) in [5.74, 6) is -1.30. The van der Waals surface area contributed by atoms with Crippen molar-refractivity contribution in [2.75, 3.05) is 13.2 Å². The van der Waals surface area contributed by atoms with Gasteiger partial charge in [0, 0.05) is 6.54 Å². The van der Waals surface area contributed by atoms with Crippen LogP contribution in [0.3, 0.4) is 0 Å². The summed E-state index contributed by atoms with van der Waals surface area (Å²) in [4.78, 5) is 37.2. The molecule has 7 heteroatoms. The fraction of sp³-hybridized carbons (Fsp3) is 0.346. The minimum absolute atomic E-state index is 0.111. The van der Waals surface area contributed by atoms with Gasteiger partial charge in [-0.3, -0.25) is 14.4 Å². The zero-order valence-corrected chi connectivity index (χ0v) is 19.3. The first-order chi connectivity index (χ1) is 16.0. The van der Waals surface area contributed by atoms with Crippen LogP contribution in [0.4, 0.5) is 0 Å². The second-order valence-electron chi connectivity index (χ2n) is 7.99. The zero-order chi connectivity index (χ0) is 23.5. The van der Waals surface area contributed by atoms with Crippen molar-refractivity contribution < 1.29 is 19.1 Å². The Balaban J connectivity index is 1.51. The molecule has 33 heavy (non-hydrogen) atoms. The number of hydrogen-bond acceptors (Lipinski definition) is 4. The molecule has 0 fully saturated rings. The van der Waals surface area contributed by atoms with Crippen molar-refractivity contribution in [2.24, 2.45) is 0 Å². The number of rotatable bonds is 10. The lowest BCUT2D eigenvalue weighted by Gasteiger charge is -2.19. The van der Waals surface area contributed by atoms with Gasteiger partial charge in [0.1, 0.15) is 0 Å². The molecule has 2 amide bonds. The fourth-order valence-corrected chi connectivity index (χ4v) is 3.96. The molecule has 0 aliphatic heterocycles. The maximum atomic E-state index is 12.7. The average molecular weight is 469 g/mol. The summed E-state index contributed by atoms with van der Waals surface area (Å²) in [6.07, 6.45) is 7.59. The molecule has 2 aromatic rings. The molecule has 0 spiro atoms. The van der Waals surface area contributed by atoms with E-state index in [0.29, 0.717) is 17.1 Å². The van der Waals surface area contributed by atoms with E-state index in [4.69, 9.17) is 16.3 Å². The predicted octanol–water partition coefficient (Wildman–Crippen LogP) is 4.75. The van der Waals surface area contributed by atoms with Crippen LogP contribution < -0.4 is 10.6 Å². The van der Waals surface area contributed by atoms with Crippen LogP contribution >= 0.6 is 11.6 Å². The van der Waals surface area contributed by atoms with E-state index in [1.807, 2.05) is 30.3 Å². The first-order valence-corrected chi connectivity index (χ1v) is 11.6. The standard InChI is InChI=1S/C26H29ClN2O4/c27-22-14-8-7-13-21(22)26(32)29-23(20-11-5-2-6-12-20)17-25(31)33-18-24(30)28-16-15-19-9-3-1-4-10-19/h2,5-9,11-14,23H,1,3-4,10,15-18H2,(H,28,30)(H,29,32). The highest BCUT2D eigenvalue weighted by Gasteiger charge is 2.21. The van der Waals surface area contributed by atoms with Crippen LogP contribution in [0.1, 0.15) is 60.5 Å². The minimum atomic E-state index is -0.622. The molecule has 6 nitrogen and oxygen atoms in total.